The number of thioether (sulfide) groups is 1. The highest BCUT2D eigenvalue weighted by Gasteiger charge is 2.10. The van der Waals surface area contributed by atoms with Crippen molar-refractivity contribution in [1.29, 1.82) is 0 Å². The summed E-state index contributed by atoms with van der Waals surface area (Å²) in [5.74, 6) is 0.550. The van der Waals surface area contributed by atoms with Crippen LogP contribution in [-0.2, 0) is 11.2 Å². The highest BCUT2D eigenvalue weighted by atomic mass is 35.5. The molecule has 1 N–H and O–H groups in total. The van der Waals surface area contributed by atoms with Crippen LogP contribution < -0.4 is 5.32 Å². The van der Waals surface area contributed by atoms with Gasteiger partial charge in [0.25, 0.3) is 5.22 Å². The van der Waals surface area contributed by atoms with Crippen molar-refractivity contribution in [2.24, 2.45) is 0 Å². The van der Waals surface area contributed by atoms with E-state index in [1.807, 2.05) is 24.3 Å². The largest absolute Gasteiger partial charge is 0.411 e. The number of pyridine rings is 1. The SMILES string of the molecule is O=C(CSc1nnc(-c2ccncc2)o1)NCCc1ccc(Cl)cc1. The molecule has 0 radical (unpaired) electrons. The number of nitrogens with one attached hydrogen (secondary N) is 1. The predicted octanol–water partition coefficient (Wildman–Crippen LogP) is 3.24. The number of carbonyl (C=O) groups is 1. The molecule has 0 spiro atoms. The van der Waals surface area contributed by atoms with Crippen molar-refractivity contribution in [3.63, 3.8) is 0 Å². The Morgan fingerprint density at radius 3 is 2.64 bits per heavy atom. The minimum atomic E-state index is -0.0809. The number of rotatable bonds is 7. The van der Waals surface area contributed by atoms with Gasteiger partial charge in [-0.05, 0) is 36.2 Å². The van der Waals surface area contributed by atoms with Crippen LogP contribution in [-0.4, -0.2) is 33.4 Å². The summed E-state index contributed by atoms with van der Waals surface area (Å²) in [5, 5.41) is 11.8. The van der Waals surface area contributed by atoms with Crippen molar-refractivity contribution in [2.75, 3.05) is 12.3 Å². The van der Waals surface area contributed by atoms with Crippen LogP contribution in [0.25, 0.3) is 11.5 Å². The van der Waals surface area contributed by atoms with Gasteiger partial charge in [-0.1, -0.05) is 35.5 Å². The van der Waals surface area contributed by atoms with E-state index in [4.69, 9.17) is 16.0 Å². The lowest BCUT2D eigenvalue weighted by Crippen LogP contribution is -2.27. The molecule has 0 unspecified atom stereocenters. The first-order valence-electron chi connectivity index (χ1n) is 7.58. The number of amides is 1. The highest BCUT2D eigenvalue weighted by Crippen LogP contribution is 2.22. The van der Waals surface area contributed by atoms with Gasteiger partial charge in [0.05, 0.1) is 5.75 Å². The molecule has 2 heterocycles. The van der Waals surface area contributed by atoms with Crippen molar-refractivity contribution >= 4 is 29.3 Å². The molecule has 8 heteroatoms. The van der Waals surface area contributed by atoms with E-state index in [1.165, 1.54) is 11.8 Å². The third kappa shape index (κ3) is 5.30. The number of hydrogen-bond donors (Lipinski definition) is 1. The van der Waals surface area contributed by atoms with E-state index in [2.05, 4.69) is 20.5 Å². The molecular weight excluding hydrogens is 360 g/mol. The summed E-state index contributed by atoms with van der Waals surface area (Å²) in [7, 11) is 0. The Morgan fingerprint density at radius 2 is 1.88 bits per heavy atom. The minimum absolute atomic E-state index is 0.0809. The van der Waals surface area contributed by atoms with Gasteiger partial charge in [0.2, 0.25) is 11.8 Å². The maximum Gasteiger partial charge on any atom is 0.277 e. The first kappa shape index (κ1) is 17.4. The molecule has 0 atom stereocenters. The summed E-state index contributed by atoms with van der Waals surface area (Å²) in [4.78, 5) is 15.8. The third-order valence-corrected chi connectivity index (χ3v) is 4.38. The molecule has 0 saturated heterocycles. The summed E-state index contributed by atoms with van der Waals surface area (Å²) in [5.41, 5.74) is 1.91. The van der Waals surface area contributed by atoms with Crippen LogP contribution >= 0.6 is 23.4 Å². The van der Waals surface area contributed by atoms with E-state index in [0.29, 0.717) is 22.7 Å². The van der Waals surface area contributed by atoms with Crippen molar-refractivity contribution in [2.45, 2.75) is 11.6 Å². The molecule has 0 aliphatic carbocycles. The van der Waals surface area contributed by atoms with E-state index >= 15 is 0 Å². The first-order chi connectivity index (χ1) is 12.2. The Bertz CT molecular complexity index is 824. The summed E-state index contributed by atoms with van der Waals surface area (Å²) in [6.07, 6.45) is 4.06. The number of nitrogens with zero attached hydrogens (tertiary/aromatic N) is 3. The number of benzene rings is 1. The Morgan fingerprint density at radius 1 is 1.12 bits per heavy atom. The second-order valence-corrected chi connectivity index (χ2v) is 6.49. The molecule has 0 aliphatic heterocycles. The van der Waals surface area contributed by atoms with Crippen LogP contribution in [0.15, 0.2) is 58.4 Å². The van der Waals surface area contributed by atoms with Gasteiger partial charge >= 0.3 is 0 Å². The Balaban J connectivity index is 1.42. The lowest BCUT2D eigenvalue weighted by molar-refractivity contribution is -0.118. The molecule has 0 bridgehead atoms. The molecule has 3 rings (SSSR count). The van der Waals surface area contributed by atoms with Gasteiger partial charge in [0.15, 0.2) is 0 Å². The van der Waals surface area contributed by atoms with E-state index in [0.717, 1.165) is 17.5 Å². The molecule has 0 saturated carbocycles. The zero-order valence-corrected chi connectivity index (χ0v) is 14.8. The molecule has 128 valence electrons. The topological polar surface area (TPSA) is 80.9 Å². The van der Waals surface area contributed by atoms with Gasteiger partial charge in [-0.3, -0.25) is 9.78 Å². The maximum absolute atomic E-state index is 11.9. The fourth-order valence-corrected chi connectivity index (χ4v) is 2.77. The van der Waals surface area contributed by atoms with Gasteiger partial charge in [-0.15, -0.1) is 10.2 Å². The first-order valence-corrected chi connectivity index (χ1v) is 8.95. The predicted molar refractivity (Wildman–Crippen MR) is 96.4 cm³/mol. The van der Waals surface area contributed by atoms with Crippen LogP contribution in [0, 0.1) is 0 Å². The van der Waals surface area contributed by atoms with Crippen molar-refractivity contribution < 1.29 is 9.21 Å². The zero-order chi connectivity index (χ0) is 17.5. The van der Waals surface area contributed by atoms with Crippen molar-refractivity contribution in [1.82, 2.24) is 20.5 Å². The van der Waals surface area contributed by atoms with Gasteiger partial charge in [-0.2, -0.15) is 0 Å². The van der Waals surface area contributed by atoms with E-state index in [9.17, 15) is 4.79 Å². The van der Waals surface area contributed by atoms with Crippen molar-refractivity contribution in [3.05, 3.63) is 59.4 Å². The number of hydrogen-bond acceptors (Lipinski definition) is 6. The van der Waals surface area contributed by atoms with E-state index in [-0.39, 0.29) is 11.7 Å². The van der Waals surface area contributed by atoms with Gasteiger partial charge in [0.1, 0.15) is 0 Å². The number of halogens is 1. The molecular formula is C17H15ClN4O2S. The van der Waals surface area contributed by atoms with Gasteiger partial charge in [0, 0.05) is 29.5 Å². The summed E-state index contributed by atoms with van der Waals surface area (Å²) < 4.78 is 5.53. The average Bonchev–Trinajstić information content (AvgIpc) is 3.11. The maximum atomic E-state index is 11.9. The van der Waals surface area contributed by atoms with Gasteiger partial charge < -0.3 is 9.73 Å². The molecule has 1 amide bonds. The van der Waals surface area contributed by atoms with E-state index < -0.39 is 0 Å². The zero-order valence-electron chi connectivity index (χ0n) is 13.2. The average molecular weight is 375 g/mol. The fraction of sp³-hybridized carbons (Fsp3) is 0.176. The van der Waals surface area contributed by atoms with Crippen LogP contribution in [0.2, 0.25) is 5.02 Å². The highest BCUT2D eigenvalue weighted by molar-refractivity contribution is 7.99. The van der Waals surface area contributed by atoms with Crippen LogP contribution in [0.5, 0.6) is 0 Å². The number of carbonyl (C=O) groups excluding carboxylic acids is 1. The lowest BCUT2D eigenvalue weighted by Gasteiger charge is -2.04. The Labute approximate surface area is 154 Å². The molecule has 25 heavy (non-hydrogen) atoms. The lowest BCUT2D eigenvalue weighted by atomic mass is 10.1. The quantitative estimate of drug-likeness (QED) is 0.639. The minimum Gasteiger partial charge on any atom is -0.411 e. The van der Waals surface area contributed by atoms with E-state index in [1.54, 1.807) is 24.5 Å². The Hall–Kier alpha value is -2.38. The molecule has 0 aliphatic rings. The summed E-state index contributed by atoms with van der Waals surface area (Å²) in [6, 6.07) is 11.1. The molecule has 1 aromatic carbocycles. The van der Waals surface area contributed by atoms with Crippen LogP contribution in [0.4, 0.5) is 0 Å². The molecule has 2 aromatic heterocycles. The second kappa shape index (κ2) is 8.64. The van der Waals surface area contributed by atoms with Crippen LogP contribution in [0.1, 0.15) is 5.56 Å². The summed E-state index contributed by atoms with van der Waals surface area (Å²) >= 11 is 7.05. The van der Waals surface area contributed by atoms with Crippen molar-refractivity contribution in [3.8, 4) is 11.5 Å². The Kier molecular flexibility index (Phi) is 6.03. The smallest absolute Gasteiger partial charge is 0.277 e. The van der Waals surface area contributed by atoms with Crippen LogP contribution in [0.3, 0.4) is 0 Å². The standard InChI is InChI=1S/C17H15ClN4O2S/c18-14-3-1-12(2-4-14)5-10-20-15(23)11-25-17-22-21-16(24-17)13-6-8-19-9-7-13/h1-4,6-9H,5,10-11H2,(H,20,23). The third-order valence-electron chi connectivity index (χ3n) is 3.31. The molecule has 0 fully saturated rings. The van der Waals surface area contributed by atoms with Gasteiger partial charge in [-0.25, -0.2) is 0 Å². The molecule has 6 nitrogen and oxygen atoms in total. The molecule has 3 aromatic rings. The fourth-order valence-electron chi connectivity index (χ4n) is 2.05. The number of aromatic nitrogens is 3. The normalized spacial score (nSPS) is 10.6. The monoisotopic (exact) mass is 374 g/mol. The summed E-state index contributed by atoms with van der Waals surface area (Å²) in [6.45, 7) is 0.563. The second-order valence-electron chi connectivity index (χ2n) is 5.12.